The number of aliphatic hydroxyl groups is 6. The lowest BCUT2D eigenvalue weighted by molar-refractivity contribution is -0.139. The molecule has 5 saturated heterocycles. The molecular weight excluding hydrogens is 1280 g/mol. The van der Waals surface area contributed by atoms with Crippen LogP contribution < -0.4 is 28.7 Å². The number of hydrogen-bond donors (Lipinski definition) is 11. The first kappa shape index (κ1) is 69.1. The van der Waals surface area contributed by atoms with Gasteiger partial charge in [-0.25, -0.2) is 49.8 Å². The summed E-state index contributed by atoms with van der Waals surface area (Å²) in [6, 6.07) is 0. The lowest BCUT2D eigenvalue weighted by Crippen LogP contribution is -2.42. The molecule has 15 rings (SSSR count). The predicted octanol–water partition coefficient (Wildman–Crippen LogP) is -1.31. The van der Waals surface area contributed by atoms with E-state index in [0.717, 1.165) is 35.0 Å². The van der Waals surface area contributed by atoms with Crippen LogP contribution in [0.3, 0.4) is 0 Å². The zero-order chi connectivity index (χ0) is 70.0. The van der Waals surface area contributed by atoms with Crippen LogP contribution in [0.2, 0.25) is 0 Å². The van der Waals surface area contributed by atoms with Crippen molar-refractivity contribution >= 4 is 70.5 Å². The summed E-state index contributed by atoms with van der Waals surface area (Å²) in [7, 11) is 0. The number of fused-ring (bicyclic) bond motifs is 5. The number of carbonyl (C=O) groups excluding carboxylic acids is 2. The van der Waals surface area contributed by atoms with Gasteiger partial charge in [0, 0.05) is 40.2 Å². The lowest BCUT2D eigenvalue weighted by Gasteiger charge is -2.28. The van der Waals surface area contributed by atoms with Crippen molar-refractivity contribution in [3.8, 4) is 24.7 Å². The molecule has 38 nitrogen and oxygen atoms in total. The summed E-state index contributed by atoms with van der Waals surface area (Å²) in [5.74, 6) is 6.29. The number of hydrogen-bond acceptors (Lipinski definition) is 33. The summed E-state index contributed by atoms with van der Waals surface area (Å²) < 4.78 is 36.1. The molecule has 98 heavy (non-hydrogen) atoms. The van der Waals surface area contributed by atoms with Crippen LogP contribution in [0, 0.1) is 48.4 Å². The molecular formula is C60H73N25O13. The predicted molar refractivity (Wildman–Crippen MR) is 341 cm³/mol. The Morgan fingerprint density at radius 1 is 0.459 bits per heavy atom. The van der Waals surface area contributed by atoms with Crippen LogP contribution in [0.15, 0.2) is 62.6 Å². The molecule has 0 aromatic carbocycles. The number of aromatic nitrogens is 20. The van der Waals surface area contributed by atoms with Crippen molar-refractivity contribution in [2.75, 3.05) is 61.7 Å². The van der Waals surface area contributed by atoms with E-state index in [1.54, 1.807) is 31.0 Å². The fraction of sp³-hybridized carbons (Fsp3) is 0.483. The number of aliphatic hydroxyl groups excluding tert-OH is 6. The standard InChI is InChI=1S/C13H15N5O2.C12H17N5O3.C12H15N5O3.C12H13N5O3.C11H13N5O2/c1-3-13(6-19)8(2)4-10(20-13)9-5-17-18-11(9)15-7-16-12(18)14;2*1-7-2-9(20-12(7,4-18)5-19)8-3-16-17-10(8)14-6-15-11(17)13;1-2-12(5-18)9(19)3-8(20-12)7-4-16-17-10(7)14-6-15-11(17)13;1-6-2-8(18-9(6)4-17)7-3-15-16-10(7)13-5-14-11(16)12/h1,5,7-8,10,19H,4,6H2,2H3,(H2,14,15,16);3,6-7,9,18-19H,2,4-5H2,1H3,(H2,13,14,15);3-4,6-7,9,19H,2,5H2,1H3,(H2,13,14,15);1,4,6,8-9,18-19H,3,5H2,(H2,13,14,15);3-6,8-9H,2H2,1H3,(H2,12,13,14)/t8-,10+,13+;7-,9+;7-,9+,12+;8-,9+,12-;6-,8+,9+/m00010/s1. The van der Waals surface area contributed by atoms with Crippen molar-refractivity contribution in [3.05, 3.63) is 90.4 Å². The molecule has 0 spiro atoms. The van der Waals surface area contributed by atoms with E-state index in [0.29, 0.717) is 59.3 Å². The Morgan fingerprint density at radius 2 is 0.806 bits per heavy atom. The van der Waals surface area contributed by atoms with Crippen molar-refractivity contribution in [1.29, 1.82) is 0 Å². The molecule has 10 aromatic rings. The minimum absolute atomic E-state index is 0.0247. The molecule has 0 saturated carbocycles. The number of aldehydes is 2. The smallest absolute Gasteiger partial charge is 0.224 e. The van der Waals surface area contributed by atoms with Crippen LogP contribution in [0.4, 0.5) is 29.7 Å². The molecule has 0 aliphatic carbocycles. The number of rotatable bonds is 12. The Labute approximate surface area is 556 Å². The molecule has 5 fully saturated rings. The van der Waals surface area contributed by atoms with Gasteiger partial charge >= 0.3 is 0 Å². The van der Waals surface area contributed by atoms with E-state index in [1.165, 1.54) is 54.2 Å². The molecule has 14 atom stereocenters. The van der Waals surface area contributed by atoms with Gasteiger partial charge in [0.2, 0.25) is 29.7 Å². The Morgan fingerprint density at radius 3 is 1.11 bits per heavy atom. The van der Waals surface area contributed by atoms with Crippen LogP contribution in [0.25, 0.3) is 28.2 Å². The molecule has 5 aliphatic heterocycles. The van der Waals surface area contributed by atoms with E-state index in [4.69, 9.17) is 65.2 Å². The molecule has 0 bridgehead atoms. The molecule has 0 radical (unpaired) electrons. The van der Waals surface area contributed by atoms with Crippen molar-refractivity contribution in [2.45, 2.75) is 125 Å². The minimum atomic E-state index is -1.39. The van der Waals surface area contributed by atoms with Gasteiger partial charge in [-0.2, -0.15) is 48.1 Å². The lowest BCUT2D eigenvalue weighted by atomic mass is 9.89. The van der Waals surface area contributed by atoms with Gasteiger partial charge in [0.1, 0.15) is 55.2 Å². The second kappa shape index (κ2) is 28.1. The van der Waals surface area contributed by atoms with Crippen LogP contribution in [0.5, 0.6) is 0 Å². The summed E-state index contributed by atoms with van der Waals surface area (Å²) in [4.78, 5) is 62.2. The molecule has 10 aromatic heterocycles. The Hall–Kier alpha value is -10.2. The maximum absolute atomic E-state index is 11.3. The first-order chi connectivity index (χ1) is 47.1. The van der Waals surface area contributed by atoms with Crippen molar-refractivity contribution < 1.29 is 63.9 Å². The fourth-order valence-electron chi connectivity index (χ4n) is 12.5. The molecule has 5 aliphatic rings. The average Bonchev–Trinajstić information content (AvgIpc) is 1.64. The van der Waals surface area contributed by atoms with Crippen molar-refractivity contribution in [2.24, 2.45) is 23.7 Å². The maximum atomic E-state index is 11.3. The van der Waals surface area contributed by atoms with E-state index < -0.39 is 41.2 Å². The summed E-state index contributed by atoms with van der Waals surface area (Å²) in [5, 5.41) is 78.0. The minimum Gasteiger partial charge on any atom is -0.393 e. The summed E-state index contributed by atoms with van der Waals surface area (Å²) >= 11 is 0. The van der Waals surface area contributed by atoms with Crippen LogP contribution in [0.1, 0.15) is 118 Å². The third-order valence-corrected chi connectivity index (χ3v) is 18.7. The number of terminal acetylenes is 2. The largest absolute Gasteiger partial charge is 0.393 e. The number of anilines is 5. The topological polar surface area (TPSA) is 547 Å². The van der Waals surface area contributed by atoms with Gasteiger partial charge in [0.05, 0.1) is 101 Å². The number of carbonyl (C=O) groups is 2. The Bertz CT molecular complexity index is 4470. The summed E-state index contributed by atoms with van der Waals surface area (Å²) in [6.07, 6.45) is 27.4. The zero-order valence-corrected chi connectivity index (χ0v) is 53.4. The third kappa shape index (κ3) is 12.4. The van der Waals surface area contributed by atoms with E-state index in [9.17, 15) is 40.2 Å². The molecule has 38 heteroatoms. The van der Waals surface area contributed by atoms with Gasteiger partial charge in [0.25, 0.3) is 0 Å². The number of nitrogens with zero attached hydrogens (tertiary/aromatic N) is 20. The highest BCUT2D eigenvalue weighted by molar-refractivity contribution is 5.65. The fourth-order valence-corrected chi connectivity index (χ4v) is 12.5. The van der Waals surface area contributed by atoms with E-state index >= 15 is 0 Å². The summed E-state index contributed by atoms with van der Waals surface area (Å²) in [5.41, 5.74) is 30.8. The highest BCUT2D eigenvalue weighted by Crippen LogP contribution is 2.47. The number of ether oxygens (including phenoxy) is 5. The van der Waals surface area contributed by atoms with E-state index in [2.05, 4.69) is 87.2 Å². The van der Waals surface area contributed by atoms with Crippen LogP contribution in [-0.2, 0) is 33.3 Å². The van der Waals surface area contributed by atoms with Crippen LogP contribution >= 0.6 is 0 Å². The van der Waals surface area contributed by atoms with Gasteiger partial charge in [-0.15, -0.1) is 12.8 Å². The van der Waals surface area contributed by atoms with Gasteiger partial charge in [0.15, 0.2) is 45.7 Å². The zero-order valence-electron chi connectivity index (χ0n) is 53.4. The van der Waals surface area contributed by atoms with Gasteiger partial charge < -0.3 is 92.6 Å². The Kier molecular flexibility index (Phi) is 19.8. The maximum Gasteiger partial charge on any atom is 0.224 e. The van der Waals surface area contributed by atoms with Gasteiger partial charge in [-0.05, 0) is 43.4 Å². The van der Waals surface area contributed by atoms with Gasteiger partial charge in [-0.3, -0.25) is 0 Å². The molecule has 516 valence electrons. The van der Waals surface area contributed by atoms with E-state index in [-0.39, 0.29) is 117 Å². The SMILES string of the molecule is C#C[C@]1(CO)O[C@@H](c2cnn3c(N)ncnc23)C[C@@H]1C.C#C[C@]1(CO)O[C@@H](c2cnn3c(N)ncnc23)C[C@@H]1O.C[C@H]1C[C@H](c2cnn3c(N)ncnc23)OC1(CO)CO.C[C@H]1C[C@H](c2cnn3c(N)ncnc23)O[C@@H]1C=O.C[C@H]1C[C@H](c2cnn3c(N)ncnc23)O[C@]1(C=O)CO. The van der Waals surface area contributed by atoms with E-state index in [1.807, 2.05) is 27.7 Å². The highest BCUT2D eigenvalue weighted by Gasteiger charge is 2.51. The first-order valence-corrected chi connectivity index (χ1v) is 30.8. The van der Waals surface area contributed by atoms with Gasteiger partial charge in [-0.1, -0.05) is 39.5 Å². The normalized spacial score (nSPS) is 28.5. The monoisotopic (exact) mass is 1350 g/mol. The van der Waals surface area contributed by atoms with Crippen molar-refractivity contribution in [3.63, 3.8) is 0 Å². The number of nitrogen functional groups attached to an aromatic ring is 5. The van der Waals surface area contributed by atoms with Crippen LogP contribution in [-0.4, -0.2) is 209 Å². The summed E-state index contributed by atoms with van der Waals surface area (Å²) in [6.45, 7) is 6.31. The Balaban J connectivity index is 0.000000124. The van der Waals surface area contributed by atoms with Crippen molar-refractivity contribution in [1.82, 2.24) is 97.9 Å². The second-order valence-electron chi connectivity index (χ2n) is 24.4. The first-order valence-electron chi connectivity index (χ1n) is 30.8. The molecule has 15 heterocycles. The third-order valence-electron chi connectivity index (χ3n) is 18.7. The second-order valence-corrected chi connectivity index (χ2v) is 24.4. The number of nitrogens with two attached hydrogens (primary N) is 5. The molecule has 0 unspecified atom stereocenters. The quantitative estimate of drug-likeness (QED) is 0.0500. The highest BCUT2D eigenvalue weighted by atomic mass is 16.6. The molecule has 16 N–H and O–H groups in total. The average molecular weight is 1350 g/mol. The molecule has 0 amide bonds.